The normalized spacial score (nSPS) is 10.4. The number of nitrogens with one attached hydrogen (secondary N) is 1. The SMILES string of the molecule is CC(=O)CN.CC(=O)CN=C(C)c1ccc(-n2cccc2)cc1.CC(=O)CN=C(C)c1ccc(N)cc1.CC(=O)CN=C(C)c1ccc(NCc2ccccc2)cc1.CC(=O)CN=C(C)c1ccc([N+](=O)[O-])cc1.CC(=O)c1ccc([N+](=O)[O-])cc1.CCO.ClCc1ccccc1.O=C(Cl)c1ccccc1. The molecule has 0 unspecified atom stereocenters. The molecular weight excluding hydrogens is 1390 g/mol. The van der Waals surface area contributed by atoms with E-state index in [-0.39, 0.29) is 85.4 Å². The van der Waals surface area contributed by atoms with Gasteiger partial charge in [-0.2, -0.15) is 0 Å². The Bertz CT molecular complexity index is 4220. The van der Waals surface area contributed by atoms with E-state index in [0.29, 0.717) is 22.7 Å². The summed E-state index contributed by atoms with van der Waals surface area (Å²) in [5.41, 5.74) is 24.0. The van der Waals surface area contributed by atoms with Crippen molar-refractivity contribution in [3.05, 3.63) is 302 Å². The van der Waals surface area contributed by atoms with Crippen LogP contribution in [0.25, 0.3) is 5.69 Å². The van der Waals surface area contributed by atoms with Crippen LogP contribution in [0.2, 0.25) is 0 Å². The summed E-state index contributed by atoms with van der Waals surface area (Å²) >= 11 is 10.7. The highest BCUT2D eigenvalue weighted by Crippen LogP contribution is 2.16. The lowest BCUT2D eigenvalue weighted by molar-refractivity contribution is -0.385. The second-order valence-electron chi connectivity index (χ2n) is 22.7. The van der Waals surface area contributed by atoms with Crippen LogP contribution >= 0.6 is 23.2 Å². The van der Waals surface area contributed by atoms with E-state index < -0.39 is 15.1 Å². The van der Waals surface area contributed by atoms with Gasteiger partial charge in [0.25, 0.3) is 16.6 Å². The number of Topliss-reactive ketones (excluding diaryl/α,β-unsaturated/α-hetero) is 6. The number of halogens is 2. The zero-order valence-electron chi connectivity index (χ0n) is 61.7. The molecule has 0 spiro atoms. The van der Waals surface area contributed by atoms with Crippen molar-refractivity contribution in [3.8, 4) is 5.69 Å². The third-order valence-corrected chi connectivity index (χ3v) is 14.1. The summed E-state index contributed by atoms with van der Waals surface area (Å²) in [7, 11) is 0. The van der Waals surface area contributed by atoms with Crippen molar-refractivity contribution >= 4 is 109 Å². The molecule has 106 heavy (non-hydrogen) atoms. The van der Waals surface area contributed by atoms with E-state index in [1.807, 2.05) is 177 Å². The van der Waals surface area contributed by atoms with Crippen LogP contribution in [0.4, 0.5) is 22.7 Å². The molecule has 0 saturated heterocycles. The van der Waals surface area contributed by atoms with Crippen molar-refractivity contribution in [2.24, 2.45) is 25.7 Å². The smallest absolute Gasteiger partial charge is 0.269 e. The Morgan fingerprint density at radius 3 is 1.02 bits per heavy atom. The van der Waals surface area contributed by atoms with Crippen LogP contribution in [0, 0.1) is 20.2 Å². The maximum atomic E-state index is 10.9. The summed E-state index contributed by atoms with van der Waals surface area (Å²) < 4.78 is 2.05. The average molecular weight is 1480 g/mol. The van der Waals surface area contributed by atoms with Gasteiger partial charge < -0.3 is 26.5 Å². The molecule has 9 aromatic rings. The monoisotopic (exact) mass is 1480 g/mol. The molecule has 0 amide bonds. The first-order valence-corrected chi connectivity index (χ1v) is 34.0. The van der Waals surface area contributed by atoms with Crippen molar-refractivity contribution in [1.29, 1.82) is 0 Å². The first-order valence-electron chi connectivity index (χ1n) is 33.1. The molecule has 1 aromatic heterocycles. The number of nitro groups is 2. The molecule has 0 aliphatic heterocycles. The van der Waals surface area contributed by atoms with Crippen LogP contribution in [0.3, 0.4) is 0 Å². The lowest BCUT2D eigenvalue weighted by Gasteiger charge is -2.07. The number of aliphatic imine (C=N–C) groups is 4. The van der Waals surface area contributed by atoms with E-state index in [0.717, 1.165) is 63.0 Å². The van der Waals surface area contributed by atoms with Crippen LogP contribution in [0.5, 0.6) is 0 Å². The summed E-state index contributed by atoms with van der Waals surface area (Å²) in [6.45, 7) is 20.3. The highest BCUT2D eigenvalue weighted by molar-refractivity contribution is 6.67. The van der Waals surface area contributed by atoms with Gasteiger partial charge in [-0.1, -0.05) is 127 Å². The number of ketones is 6. The van der Waals surface area contributed by atoms with E-state index >= 15 is 0 Å². The molecule has 9 rings (SSSR count). The fourth-order valence-electron chi connectivity index (χ4n) is 7.80. The molecule has 0 radical (unpaired) electrons. The number of aliphatic hydroxyl groups is 1. The molecule has 0 bridgehead atoms. The quantitative estimate of drug-likeness (QED) is 0.00932. The fraction of sp³-hybridized carbons (Fsp3) is 0.232. The maximum Gasteiger partial charge on any atom is 0.269 e. The Balaban J connectivity index is 0.000000618. The molecule has 24 heteroatoms. The Labute approximate surface area is 630 Å². The lowest BCUT2D eigenvalue weighted by Crippen LogP contribution is -2.07. The van der Waals surface area contributed by atoms with E-state index in [4.69, 9.17) is 39.8 Å². The number of nitrogens with two attached hydrogens (primary N) is 2. The summed E-state index contributed by atoms with van der Waals surface area (Å²) in [4.78, 5) is 111. The predicted molar refractivity (Wildman–Crippen MR) is 429 cm³/mol. The van der Waals surface area contributed by atoms with Crippen molar-refractivity contribution in [2.75, 3.05) is 50.4 Å². The van der Waals surface area contributed by atoms with Crippen molar-refractivity contribution in [3.63, 3.8) is 0 Å². The minimum atomic E-state index is -0.496. The Morgan fingerprint density at radius 2 is 0.736 bits per heavy atom. The number of anilines is 2. The number of alkyl halides is 1. The number of rotatable bonds is 22. The van der Waals surface area contributed by atoms with E-state index in [1.54, 1.807) is 64.1 Å². The Kier molecular flexibility index (Phi) is 47.1. The largest absolute Gasteiger partial charge is 0.399 e. The first kappa shape index (κ1) is 92.3. The average Bonchev–Trinajstić information content (AvgIpc) is 1.67. The number of carbonyl (C=O) groups is 7. The number of hydrogen-bond acceptors (Lipinski definition) is 19. The van der Waals surface area contributed by atoms with E-state index in [1.165, 1.54) is 75.2 Å². The van der Waals surface area contributed by atoms with Crippen LogP contribution in [-0.2, 0) is 36.4 Å². The van der Waals surface area contributed by atoms with Crippen LogP contribution in [0.15, 0.2) is 257 Å². The number of nitrogens with zero attached hydrogens (tertiary/aromatic N) is 7. The van der Waals surface area contributed by atoms with Crippen LogP contribution < -0.4 is 16.8 Å². The number of non-ortho nitro benzene ring substituents is 2. The molecule has 6 N–H and O–H groups in total. The molecule has 22 nitrogen and oxygen atoms in total. The predicted octanol–water partition coefficient (Wildman–Crippen LogP) is 16.1. The maximum absolute atomic E-state index is 10.9. The zero-order valence-corrected chi connectivity index (χ0v) is 63.2. The molecule has 1 heterocycles. The van der Waals surface area contributed by atoms with Gasteiger partial charge in [0.2, 0.25) is 0 Å². The molecule has 0 fully saturated rings. The third kappa shape index (κ3) is 42.7. The highest BCUT2D eigenvalue weighted by atomic mass is 35.5. The van der Waals surface area contributed by atoms with Crippen LogP contribution in [-0.4, -0.2) is 122 Å². The number of carbonyl (C=O) groups excluding carboxylic acids is 7. The van der Waals surface area contributed by atoms with Gasteiger partial charge in [0, 0.05) is 107 Å². The lowest BCUT2D eigenvalue weighted by atomic mass is 10.1. The second kappa shape index (κ2) is 54.0. The number of nitro benzene ring substituents is 2. The van der Waals surface area contributed by atoms with Gasteiger partial charge in [0.1, 0.15) is 5.78 Å². The van der Waals surface area contributed by atoms with E-state index in [9.17, 15) is 53.8 Å². The van der Waals surface area contributed by atoms with Crippen molar-refractivity contribution in [2.45, 2.75) is 88.6 Å². The molecule has 0 saturated carbocycles. The van der Waals surface area contributed by atoms with Crippen molar-refractivity contribution in [1.82, 2.24) is 4.57 Å². The topological polar surface area (TPSA) is 344 Å². The number of nitrogen functional groups attached to an aromatic ring is 1. The van der Waals surface area contributed by atoms with Gasteiger partial charge >= 0.3 is 0 Å². The van der Waals surface area contributed by atoms with Crippen molar-refractivity contribution < 1.29 is 48.5 Å². The van der Waals surface area contributed by atoms with Gasteiger partial charge in [-0.15, -0.1) is 11.6 Å². The van der Waals surface area contributed by atoms with Gasteiger partial charge in [0.15, 0.2) is 28.9 Å². The van der Waals surface area contributed by atoms with Gasteiger partial charge in [-0.25, -0.2) is 0 Å². The number of aromatic nitrogens is 1. The molecule has 8 aromatic carbocycles. The molecular formula is C82H94Cl2N10O12. The summed E-state index contributed by atoms with van der Waals surface area (Å²) in [5, 5.41) is 31.2. The Hall–Kier alpha value is -11.7. The molecule has 0 aliphatic rings. The summed E-state index contributed by atoms with van der Waals surface area (Å²) in [6.07, 6.45) is 4.01. The second-order valence-corrected chi connectivity index (χ2v) is 23.3. The van der Waals surface area contributed by atoms with Gasteiger partial charge in [0.05, 0.1) is 42.6 Å². The number of hydrogen-bond donors (Lipinski definition) is 4. The number of benzene rings is 8. The van der Waals surface area contributed by atoms with Gasteiger partial charge in [-0.3, -0.25) is 73.8 Å². The zero-order chi connectivity index (χ0) is 79.4. The number of aliphatic hydroxyl groups excluding tert-OH is 1. The first-order chi connectivity index (χ1) is 50.4. The van der Waals surface area contributed by atoms with Gasteiger partial charge in [-0.05, 0) is 194 Å². The molecule has 558 valence electrons. The Morgan fingerprint density at radius 1 is 0.434 bits per heavy atom. The molecule has 0 aliphatic carbocycles. The minimum absolute atomic E-state index is 0.000000000000000222. The third-order valence-electron chi connectivity index (χ3n) is 13.6. The van der Waals surface area contributed by atoms with E-state index in [2.05, 4.69) is 37.4 Å². The fourth-order valence-corrected chi connectivity index (χ4v) is 8.10. The highest BCUT2D eigenvalue weighted by Gasteiger charge is 2.08. The van der Waals surface area contributed by atoms with Crippen LogP contribution in [0.1, 0.15) is 130 Å². The summed E-state index contributed by atoms with van der Waals surface area (Å²) in [5.74, 6) is 0.769. The molecule has 0 atom stereocenters. The summed E-state index contributed by atoms with van der Waals surface area (Å²) in [6, 6.07) is 68.2. The minimum Gasteiger partial charge on any atom is -0.399 e. The standard InChI is InChI=1S/C18H20N2O.C15H16N2O.C11H12N2O3.C11H14N2O.C8H7NO3.C7H5ClO.C7H7Cl.C3H7NO.C2H6O/c1-14(21)12-19-15(2)17-8-10-18(11-9-17)20-13-16-6-4-3-5-7-16;1-12(18)11-16-13(2)14-5-7-15(8-6-14)17-9-3-4-10-17;1-8(14)7-12-9(2)10-3-5-11(6-4-10)13(15)16;1-8(14)7-13-9(2)10-3-5-11(12)6-4-10;1-6(10)7-2-4-8(5-3-7)9(11)12;8-7(9)6-4-2-1-3-5-6;8-6-7-4-2-1-3-5-7;1-3(5)2-4;1-2-3/h3-11,20H,12-13H2,1-2H3;3-10H,11H2,1-2H3;3-6H,7H2,1-2H3;3-6H,7,12H2,1-2H3;2-5H,1H3;1-5H;1-5H,6H2;2,4H2,1H3;3H,2H2,1H3.